The predicted molar refractivity (Wildman–Crippen MR) is 62.9 cm³/mol. The van der Waals surface area contributed by atoms with E-state index in [0.717, 1.165) is 22.6 Å². The van der Waals surface area contributed by atoms with Gasteiger partial charge in [0.15, 0.2) is 5.69 Å². The van der Waals surface area contributed by atoms with Gasteiger partial charge in [-0.3, -0.25) is 0 Å². The highest BCUT2D eigenvalue weighted by molar-refractivity contribution is 14.1. The highest BCUT2D eigenvalue weighted by Crippen LogP contribution is 2.39. The fourth-order valence-electron chi connectivity index (χ4n) is 1.30. The van der Waals surface area contributed by atoms with E-state index in [1.807, 2.05) is 0 Å². The molecule has 0 saturated heterocycles. The molecule has 0 amide bonds. The highest BCUT2D eigenvalue weighted by atomic mass is 127. The molecule has 3 nitrogen and oxygen atoms in total. The van der Waals surface area contributed by atoms with Gasteiger partial charge in [0.05, 0.1) is 15.7 Å². The Balaban J connectivity index is 3.47. The lowest BCUT2D eigenvalue weighted by atomic mass is 10.1. The maximum absolute atomic E-state index is 12.8. The van der Waals surface area contributed by atoms with Crippen molar-refractivity contribution in [3.8, 4) is 0 Å². The van der Waals surface area contributed by atoms with Crippen molar-refractivity contribution in [2.45, 2.75) is 19.5 Å². The van der Waals surface area contributed by atoms with Gasteiger partial charge >= 0.3 is 12.1 Å². The van der Waals surface area contributed by atoms with E-state index in [1.165, 1.54) is 6.92 Å². The molecular weight excluding hydrogens is 388 g/mol. The van der Waals surface area contributed by atoms with Gasteiger partial charge in [0, 0.05) is 11.8 Å². The number of hydrogen-bond donors (Lipinski definition) is 0. The number of aromatic nitrogens is 1. The summed E-state index contributed by atoms with van der Waals surface area (Å²) in [6.45, 7) is 1.40. The van der Waals surface area contributed by atoms with Gasteiger partial charge in [-0.1, -0.05) is 0 Å². The van der Waals surface area contributed by atoms with E-state index in [4.69, 9.17) is 0 Å². The molecule has 1 rings (SSSR count). The van der Waals surface area contributed by atoms with E-state index in [2.05, 4.69) is 9.72 Å². The second-order valence-corrected chi connectivity index (χ2v) is 4.35. The molecule has 0 bridgehead atoms. The fourth-order valence-corrected chi connectivity index (χ4v) is 2.27. The average molecular weight is 395 g/mol. The van der Waals surface area contributed by atoms with E-state index >= 15 is 0 Å². The predicted octanol–water partition coefficient (Wildman–Crippen LogP) is 3.82. The summed E-state index contributed by atoms with van der Waals surface area (Å²) >= 11 is 1.16. The Morgan fingerprint density at radius 2 is 2.05 bits per heavy atom. The number of alkyl halides is 5. The number of carbonyl (C=O) groups is 1. The minimum atomic E-state index is -5.01. The van der Waals surface area contributed by atoms with E-state index in [9.17, 15) is 26.7 Å². The van der Waals surface area contributed by atoms with Crippen LogP contribution in [0.3, 0.4) is 0 Å². The van der Waals surface area contributed by atoms with Gasteiger partial charge in [0.25, 0.3) is 6.43 Å². The van der Waals surface area contributed by atoms with Gasteiger partial charge in [0.2, 0.25) is 0 Å². The van der Waals surface area contributed by atoms with Gasteiger partial charge in [-0.15, -0.1) is 0 Å². The summed E-state index contributed by atoms with van der Waals surface area (Å²) in [6, 6.07) is 0. The number of pyridine rings is 1. The second kappa shape index (κ2) is 5.97. The van der Waals surface area contributed by atoms with Gasteiger partial charge < -0.3 is 4.74 Å². The smallest absolute Gasteiger partial charge is 0.418 e. The van der Waals surface area contributed by atoms with Crippen molar-refractivity contribution < 1.29 is 31.5 Å². The van der Waals surface area contributed by atoms with Crippen molar-refractivity contribution in [1.82, 2.24) is 4.98 Å². The third-order valence-corrected chi connectivity index (χ3v) is 3.09. The number of carbonyl (C=O) groups excluding carboxylic acids is 1. The number of nitrogens with zero attached hydrogens (tertiary/aromatic N) is 1. The van der Waals surface area contributed by atoms with Gasteiger partial charge in [-0.25, -0.2) is 18.6 Å². The van der Waals surface area contributed by atoms with Crippen LogP contribution in [-0.2, 0) is 10.9 Å². The first kappa shape index (κ1) is 16.1. The van der Waals surface area contributed by atoms with Crippen LogP contribution in [0.1, 0.15) is 35.0 Å². The minimum absolute atomic E-state index is 0.0610. The molecule has 19 heavy (non-hydrogen) atoms. The zero-order valence-corrected chi connectivity index (χ0v) is 11.6. The van der Waals surface area contributed by atoms with E-state index in [0.29, 0.717) is 6.20 Å². The molecule has 0 unspecified atom stereocenters. The first-order valence-electron chi connectivity index (χ1n) is 4.91. The summed E-state index contributed by atoms with van der Waals surface area (Å²) in [6.07, 6.45) is -8.00. The second-order valence-electron chi connectivity index (χ2n) is 3.27. The van der Waals surface area contributed by atoms with Crippen molar-refractivity contribution in [3.05, 3.63) is 26.6 Å². The van der Waals surface area contributed by atoms with Crippen LogP contribution in [0.25, 0.3) is 0 Å². The lowest BCUT2D eigenvalue weighted by Gasteiger charge is -2.15. The van der Waals surface area contributed by atoms with Gasteiger partial charge in [-0.2, -0.15) is 13.2 Å². The van der Waals surface area contributed by atoms with Crippen molar-refractivity contribution in [1.29, 1.82) is 0 Å². The number of rotatable bonds is 3. The zero-order chi connectivity index (χ0) is 14.8. The standard InChI is InChI=1S/C10H7F5INO2/c1-2-19-9(18)7-6(16)5(10(13,14)15)4(3-17-7)8(11)12/h3,8H,2H2,1H3. The van der Waals surface area contributed by atoms with Crippen LogP contribution in [-0.4, -0.2) is 17.6 Å². The van der Waals surface area contributed by atoms with Crippen molar-refractivity contribution in [3.63, 3.8) is 0 Å². The van der Waals surface area contributed by atoms with Crippen LogP contribution < -0.4 is 0 Å². The van der Waals surface area contributed by atoms with Crippen LogP contribution in [0.15, 0.2) is 6.20 Å². The Hall–Kier alpha value is -1.00. The summed E-state index contributed by atoms with van der Waals surface area (Å²) in [5.74, 6) is -1.08. The largest absolute Gasteiger partial charge is 0.461 e. The SMILES string of the molecule is CCOC(=O)c1ncc(C(F)F)c(C(F)(F)F)c1I. The Labute approximate surface area is 118 Å². The van der Waals surface area contributed by atoms with E-state index in [-0.39, 0.29) is 6.61 Å². The van der Waals surface area contributed by atoms with Gasteiger partial charge in [0.1, 0.15) is 0 Å². The topological polar surface area (TPSA) is 39.2 Å². The Morgan fingerprint density at radius 1 is 1.47 bits per heavy atom. The first-order valence-corrected chi connectivity index (χ1v) is 5.98. The molecule has 0 aliphatic rings. The molecule has 0 radical (unpaired) electrons. The van der Waals surface area contributed by atoms with Crippen molar-refractivity contribution >= 4 is 28.6 Å². The van der Waals surface area contributed by atoms with Crippen LogP contribution in [0, 0.1) is 3.57 Å². The molecule has 1 aromatic rings. The zero-order valence-electron chi connectivity index (χ0n) is 9.39. The lowest BCUT2D eigenvalue weighted by molar-refractivity contribution is -0.140. The molecule has 0 atom stereocenters. The normalized spacial score (nSPS) is 11.8. The summed E-state index contributed by atoms with van der Waals surface area (Å²) in [5, 5.41) is 0. The number of halogens is 6. The third kappa shape index (κ3) is 3.51. The Bertz CT molecular complexity index is 490. The Kier molecular flexibility index (Phi) is 5.04. The maximum atomic E-state index is 12.8. The summed E-state index contributed by atoms with van der Waals surface area (Å²) < 4.78 is 67.3. The van der Waals surface area contributed by atoms with Crippen LogP contribution in [0.4, 0.5) is 22.0 Å². The first-order chi connectivity index (χ1) is 8.70. The molecule has 0 aliphatic carbocycles. The third-order valence-electron chi connectivity index (χ3n) is 2.04. The van der Waals surface area contributed by atoms with Crippen molar-refractivity contribution in [2.75, 3.05) is 6.61 Å². The molecule has 0 saturated carbocycles. The van der Waals surface area contributed by atoms with Gasteiger partial charge in [-0.05, 0) is 29.5 Å². The molecule has 1 heterocycles. The molecule has 0 N–H and O–H groups in total. The fraction of sp³-hybridized carbons (Fsp3) is 0.400. The maximum Gasteiger partial charge on any atom is 0.418 e. The number of esters is 1. The molecule has 0 aliphatic heterocycles. The molecule has 0 fully saturated rings. The molecule has 106 valence electrons. The molecular formula is C10H7F5INO2. The Morgan fingerprint density at radius 3 is 2.47 bits per heavy atom. The number of ether oxygens (including phenoxy) is 1. The molecule has 9 heteroatoms. The summed E-state index contributed by atoms with van der Waals surface area (Å²) in [5.41, 5.74) is -3.44. The summed E-state index contributed by atoms with van der Waals surface area (Å²) in [7, 11) is 0. The van der Waals surface area contributed by atoms with Crippen LogP contribution >= 0.6 is 22.6 Å². The van der Waals surface area contributed by atoms with Crippen LogP contribution in [0.2, 0.25) is 0 Å². The summed E-state index contributed by atoms with van der Waals surface area (Å²) in [4.78, 5) is 14.7. The molecule has 0 aromatic carbocycles. The lowest BCUT2D eigenvalue weighted by Crippen LogP contribution is -2.18. The van der Waals surface area contributed by atoms with Crippen LogP contribution in [0.5, 0.6) is 0 Å². The minimum Gasteiger partial charge on any atom is -0.461 e. The number of hydrogen-bond acceptors (Lipinski definition) is 3. The van der Waals surface area contributed by atoms with Crippen molar-refractivity contribution in [2.24, 2.45) is 0 Å². The highest BCUT2D eigenvalue weighted by Gasteiger charge is 2.40. The van der Waals surface area contributed by atoms with E-state index in [1.54, 1.807) is 0 Å². The van der Waals surface area contributed by atoms with E-state index < -0.39 is 39.0 Å². The quantitative estimate of drug-likeness (QED) is 0.444. The monoisotopic (exact) mass is 395 g/mol. The molecule has 1 aromatic heterocycles. The molecule has 0 spiro atoms. The average Bonchev–Trinajstić information content (AvgIpc) is 2.26.